The zero-order valence-electron chi connectivity index (χ0n) is 12.1. The topological polar surface area (TPSA) is 40.6 Å². The molecule has 0 N–H and O–H groups in total. The summed E-state index contributed by atoms with van der Waals surface area (Å²) in [7, 11) is 0. The zero-order chi connectivity index (χ0) is 13.7. The number of amides is 2. The molecule has 0 radical (unpaired) electrons. The van der Waals surface area contributed by atoms with E-state index in [-0.39, 0.29) is 11.8 Å². The zero-order valence-corrected chi connectivity index (χ0v) is 12.1. The van der Waals surface area contributed by atoms with E-state index in [1.807, 2.05) is 0 Å². The van der Waals surface area contributed by atoms with E-state index in [0.29, 0.717) is 24.9 Å². The lowest BCUT2D eigenvalue weighted by Crippen LogP contribution is -2.46. The molecule has 0 unspecified atom stereocenters. The van der Waals surface area contributed by atoms with Crippen LogP contribution in [0.1, 0.15) is 40.5 Å². The Balaban J connectivity index is 2.64. The smallest absolute Gasteiger partial charge is 0.312 e. The van der Waals surface area contributed by atoms with Gasteiger partial charge in [0.1, 0.15) is 0 Å². The normalized spacial score (nSPS) is 15.6. The molecule has 0 atom stereocenters. The lowest BCUT2D eigenvalue weighted by molar-refractivity contribution is -0.151. The molecule has 0 aliphatic carbocycles. The molecular weight excluding hydrogens is 228 g/mol. The van der Waals surface area contributed by atoms with Crippen LogP contribution in [0.4, 0.5) is 0 Å². The quantitative estimate of drug-likeness (QED) is 0.717. The number of rotatable bonds is 4. The van der Waals surface area contributed by atoms with Crippen molar-refractivity contribution in [2.75, 3.05) is 26.2 Å². The van der Waals surface area contributed by atoms with Gasteiger partial charge >= 0.3 is 11.8 Å². The fraction of sp³-hybridized carbons (Fsp3) is 0.857. The second-order valence-electron chi connectivity index (χ2n) is 6.00. The second-order valence-corrected chi connectivity index (χ2v) is 6.00. The van der Waals surface area contributed by atoms with Crippen LogP contribution >= 0.6 is 0 Å². The minimum absolute atomic E-state index is 0.311. The van der Waals surface area contributed by atoms with E-state index in [1.54, 1.807) is 9.80 Å². The minimum Gasteiger partial charge on any atom is -0.334 e. The first kappa shape index (κ1) is 15.0. The lowest BCUT2D eigenvalue weighted by Gasteiger charge is -2.27. The maximum Gasteiger partial charge on any atom is 0.312 e. The molecule has 2 amide bonds. The van der Waals surface area contributed by atoms with Gasteiger partial charge in [-0.3, -0.25) is 9.59 Å². The van der Waals surface area contributed by atoms with E-state index >= 15 is 0 Å². The van der Waals surface area contributed by atoms with Crippen molar-refractivity contribution in [2.45, 2.75) is 40.5 Å². The highest BCUT2D eigenvalue weighted by atomic mass is 16.2. The third-order valence-corrected chi connectivity index (χ3v) is 3.03. The highest BCUT2D eigenvalue weighted by molar-refractivity contribution is 6.34. The van der Waals surface area contributed by atoms with Crippen LogP contribution < -0.4 is 0 Å². The van der Waals surface area contributed by atoms with Gasteiger partial charge in [-0.15, -0.1) is 0 Å². The number of nitrogens with zero attached hydrogens (tertiary/aromatic N) is 2. The number of carbonyl (C=O) groups is 2. The maximum atomic E-state index is 12.2. The molecule has 1 fully saturated rings. The van der Waals surface area contributed by atoms with Crippen LogP contribution in [0.25, 0.3) is 0 Å². The minimum atomic E-state index is -0.320. The Morgan fingerprint density at radius 1 is 1.00 bits per heavy atom. The lowest BCUT2D eigenvalue weighted by atomic mass is 10.1. The van der Waals surface area contributed by atoms with Crippen LogP contribution in [0.5, 0.6) is 0 Å². The molecule has 0 aromatic heterocycles. The molecule has 1 rings (SSSR count). The summed E-state index contributed by atoms with van der Waals surface area (Å²) >= 11 is 0. The molecule has 0 saturated carbocycles. The summed E-state index contributed by atoms with van der Waals surface area (Å²) in [6, 6.07) is 0. The molecule has 0 bridgehead atoms. The van der Waals surface area contributed by atoms with Crippen molar-refractivity contribution in [1.29, 1.82) is 0 Å². The van der Waals surface area contributed by atoms with E-state index in [1.165, 1.54) is 0 Å². The summed E-state index contributed by atoms with van der Waals surface area (Å²) < 4.78 is 0. The Labute approximate surface area is 110 Å². The van der Waals surface area contributed by atoms with Gasteiger partial charge in [0.15, 0.2) is 0 Å². The summed E-state index contributed by atoms with van der Waals surface area (Å²) in [5.41, 5.74) is 0. The molecule has 1 saturated heterocycles. The van der Waals surface area contributed by atoms with Crippen LogP contribution in [-0.4, -0.2) is 47.8 Å². The third-order valence-electron chi connectivity index (χ3n) is 3.03. The average molecular weight is 254 g/mol. The van der Waals surface area contributed by atoms with E-state index in [9.17, 15) is 9.59 Å². The van der Waals surface area contributed by atoms with Crippen LogP contribution in [-0.2, 0) is 9.59 Å². The first-order valence-corrected chi connectivity index (χ1v) is 7.00. The number of likely N-dealkylation sites (tertiary alicyclic amines) is 1. The van der Waals surface area contributed by atoms with Gasteiger partial charge in [-0.05, 0) is 24.7 Å². The van der Waals surface area contributed by atoms with Crippen LogP contribution in [0.15, 0.2) is 0 Å². The predicted octanol–water partition coefficient (Wildman–Crippen LogP) is 1.75. The number of hydrogen-bond donors (Lipinski definition) is 0. The van der Waals surface area contributed by atoms with E-state index in [2.05, 4.69) is 27.7 Å². The molecule has 4 heteroatoms. The number of carbonyl (C=O) groups excluding carboxylic acids is 2. The molecule has 0 spiro atoms. The van der Waals surface area contributed by atoms with Crippen molar-refractivity contribution in [3.63, 3.8) is 0 Å². The van der Waals surface area contributed by atoms with Crippen molar-refractivity contribution >= 4 is 11.8 Å². The molecule has 0 aromatic carbocycles. The van der Waals surface area contributed by atoms with Gasteiger partial charge in [-0.2, -0.15) is 0 Å². The maximum absolute atomic E-state index is 12.2. The molecule has 0 aromatic rings. The van der Waals surface area contributed by atoms with Gasteiger partial charge in [0.25, 0.3) is 0 Å². The monoisotopic (exact) mass is 254 g/mol. The van der Waals surface area contributed by atoms with Gasteiger partial charge < -0.3 is 9.80 Å². The Hall–Kier alpha value is -1.06. The van der Waals surface area contributed by atoms with Crippen molar-refractivity contribution in [2.24, 2.45) is 11.8 Å². The fourth-order valence-electron chi connectivity index (χ4n) is 2.31. The summed E-state index contributed by atoms with van der Waals surface area (Å²) in [6.07, 6.45) is 2.04. The average Bonchev–Trinajstić information content (AvgIpc) is 2.78. The Morgan fingerprint density at radius 3 is 1.83 bits per heavy atom. The van der Waals surface area contributed by atoms with Crippen LogP contribution in [0.2, 0.25) is 0 Å². The van der Waals surface area contributed by atoms with Crippen molar-refractivity contribution in [1.82, 2.24) is 9.80 Å². The SMILES string of the molecule is CC(C)CN(CC(C)C)C(=O)C(=O)N1CCCC1. The molecule has 4 nitrogen and oxygen atoms in total. The Bertz CT molecular complexity index is 284. The first-order chi connectivity index (χ1) is 8.41. The van der Waals surface area contributed by atoms with Gasteiger partial charge in [-0.25, -0.2) is 0 Å². The van der Waals surface area contributed by atoms with E-state index < -0.39 is 0 Å². The van der Waals surface area contributed by atoms with Crippen molar-refractivity contribution < 1.29 is 9.59 Å². The highest BCUT2D eigenvalue weighted by Gasteiger charge is 2.29. The molecular formula is C14H26N2O2. The Morgan fingerprint density at radius 2 is 1.44 bits per heavy atom. The summed E-state index contributed by atoms with van der Waals surface area (Å²) in [5, 5.41) is 0. The third kappa shape index (κ3) is 4.31. The molecule has 18 heavy (non-hydrogen) atoms. The van der Waals surface area contributed by atoms with Gasteiger partial charge in [0.05, 0.1) is 0 Å². The highest BCUT2D eigenvalue weighted by Crippen LogP contribution is 2.11. The Kier molecular flexibility index (Phi) is 5.63. The van der Waals surface area contributed by atoms with Crippen LogP contribution in [0, 0.1) is 11.8 Å². The molecule has 1 aliphatic rings. The summed E-state index contributed by atoms with van der Waals surface area (Å²) in [4.78, 5) is 27.7. The standard InChI is InChI=1S/C14H26N2O2/c1-11(2)9-16(10-12(3)4)14(18)13(17)15-7-5-6-8-15/h11-12H,5-10H2,1-4H3. The van der Waals surface area contributed by atoms with Gasteiger partial charge in [-0.1, -0.05) is 27.7 Å². The van der Waals surface area contributed by atoms with E-state index in [4.69, 9.17) is 0 Å². The predicted molar refractivity (Wildman–Crippen MR) is 72.1 cm³/mol. The van der Waals surface area contributed by atoms with Crippen LogP contribution in [0.3, 0.4) is 0 Å². The van der Waals surface area contributed by atoms with Crippen molar-refractivity contribution in [3.05, 3.63) is 0 Å². The molecule has 1 heterocycles. The molecule has 104 valence electrons. The van der Waals surface area contributed by atoms with Crippen molar-refractivity contribution in [3.8, 4) is 0 Å². The fourth-order valence-corrected chi connectivity index (χ4v) is 2.31. The van der Waals surface area contributed by atoms with Gasteiger partial charge in [0, 0.05) is 26.2 Å². The summed E-state index contributed by atoms with van der Waals surface area (Å²) in [5.74, 6) is 0.145. The van der Waals surface area contributed by atoms with E-state index in [0.717, 1.165) is 25.9 Å². The summed E-state index contributed by atoms with van der Waals surface area (Å²) in [6.45, 7) is 11.1. The first-order valence-electron chi connectivity index (χ1n) is 7.00. The molecule has 1 aliphatic heterocycles. The largest absolute Gasteiger partial charge is 0.334 e. The second kappa shape index (κ2) is 6.76. The van der Waals surface area contributed by atoms with Gasteiger partial charge in [0.2, 0.25) is 0 Å². The number of hydrogen-bond acceptors (Lipinski definition) is 2.